The van der Waals surface area contributed by atoms with Gasteiger partial charge in [-0.15, -0.1) is 0 Å². The molecule has 0 unspecified atom stereocenters. The van der Waals surface area contributed by atoms with Crippen LogP contribution in [0.2, 0.25) is 0 Å². The first kappa shape index (κ1) is 16.4. The maximum atomic E-state index is 4.71. The van der Waals surface area contributed by atoms with Crippen LogP contribution in [0.25, 0.3) is 5.82 Å². The molecular weight excluding hydrogens is 328 g/mol. The number of rotatable bonds is 4. The van der Waals surface area contributed by atoms with Gasteiger partial charge in [0.2, 0.25) is 0 Å². The predicted molar refractivity (Wildman–Crippen MR) is 99.6 cm³/mol. The van der Waals surface area contributed by atoms with Crippen LogP contribution < -0.4 is 9.80 Å². The van der Waals surface area contributed by atoms with E-state index < -0.39 is 0 Å². The summed E-state index contributed by atoms with van der Waals surface area (Å²) >= 11 is 0. The molecule has 1 aliphatic heterocycles. The lowest BCUT2D eigenvalue weighted by atomic mass is 10.0. The molecule has 0 aliphatic carbocycles. The van der Waals surface area contributed by atoms with Crippen molar-refractivity contribution in [1.29, 1.82) is 0 Å². The maximum Gasteiger partial charge on any atom is 0.173 e. The van der Waals surface area contributed by atoms with Crippen LogP contribution in [-0.2, 0) is 0 Å². The second-order valence-electron chi connectivity index (χ2n) is 6.53. The number of piperidine rings is 1. The van der Waals surface area contributed by atoms with Gasteiger partial charge in [-0.2, -0.15) is 5.10 Å². The van der Waals surface area contributed by atoms with E-state index in [1.165, 1.54) is 0 Å². The number of aryl methyl sites for hydroxylation is 1. The molecular formula is C18H22N8. The van der Waals surface area contributed by atoms with Gasteiger partial charge in [0.25, 0.3) is 0 Å². The minimum absolute atomic E-state index is 0.461. The van der Waals surface area contributed by atoms with E-state index >= 15 is 0 Å². The Kier molecular flexibility index (Phi) is 4.47. The number of nitrogens with zero attached hydrogens (tertiary/aromatic N) is 8. The molecule has 0 N–H and O–H groups in total. The fraction of sp³-hybridized carbons (Fsp3) is 0.389. The fourth-order valence-corrected chi connectivity index (χ4v) is 3.32. The third-order valence-electron chi connectivity index (χ3n) is 4.84. The summed E-state index contributed by atoms with van der Waals surface area (Å²) in [7, 11) is 2.11. The van der Waals surface area contributed by atoms with E-state index in [0.29, 0.717) is 6.04 Å². The third-order valence-corrected chi connectivity index (χ3v) is 4.84. The largest absolute Gasteiger partial charge is 0.356 e. The monoisotopic (exact) mass is 350 g/mol. The number of hydrogen-bond acceptors (Lipinski definition) is 7. The summed E-state index contributed by atoms with van der Waals surface area (Å²) < 4.78 is 1.73. The second-order valence-corrected chi connectivity index (χ2v) is 6.53. The second kappa shape index (κ2) is 7.07. The first-order valence-corrected chi connectivity index (χ1v) is 8.79. The fourth-order valence-electron chi connectivity index (χ4n) is 3.32. The van der Waals surface area contributed by atoms with E-state index in [0.717, 1.165) is 49.1 Å². The van der Waals surface area contributed by atoms with Crippen molar-refractivity contribution in [2.24, 2.45) is 0 Å². The summed E-state index contributed by atoms with van der Waals surface area (Å²) in [5, 5.41) is 4.23. The quantitative estimate of drug-likeness (QED) is 0.711. The summed E-state index contributed by atoms with van der Waals surface area (Å²) in [6, 6.07) is 4.37. The van der Waals surface area contributed by atoms with Crippen LogP contribution in [0.3, 0.4) is 0 Å². The lowest BCUT2D eigenvalue weighted by Crippen LogP contribution is -2.44. The van der Waals surface area contributed by atoms with E-state index in [4.69, 9.17) is 4.98 Å². The molecule has 0 saturated carbocycles. The summed E-state index contributed by atoms with van der Waals surface area (Å²) in [6.45, 7) is 3.87. The van der Waals surface area contributed by atoms with E-state index in [-0.39, 0.29) is 0 Å². The molecule has 0 atom stereocenters. The molecule has 0 radical (unpaired) electrons. The zero-order chi connectivity index (χ0) is 17.9. The van der Waals surface area contributed by atoms with Crippen LogP contribution in [0.5, 0.6) is 0 Å². The van der Waals surface area contributed by atoms with Crippen LogP contribution in [0, 0.1) is 6.92 Å². The molecule has 8 nitrogen and oxygen atoms in total. The van der Waals surface area contributed by atoms with Gasteiger partial charge in [0.15, 0.2) is 5.82 Å². The highest BCUT2D eigenvalue weighted by Crippen LogP contribution is 2.23. The van der Waals surface area contributed by atoms with Crippen molar-refractivity contribution >= 4 is 11.6 Å². The molecule has 4 rings (SSSR count). The Balaban J connectivity index is 1.43. The van der Waals surface area contributed by atoms with Gasteiger partial charge in [-0.25, -0.2) is 19.6 Å². The summed E-state index contributed by atoms with van der Waals surface area (Å²) in [4.78, 5) is 22.2. The van der Waals surface area contributed by atoms with Crippen molar-refractivity contribution in [3.05, 3.63) is 48.9 Å². The molecule has 1 fully saturated rings. The van der Waals surface area contributed by atoms with Crippen LogP contribution in [0.1, 0.15) is 18.5 Å². The molecule has 8 heteroatoms. The first-order chi connectivity index (χ1) is 12.7. The van der Waals surface area contributed by atoms with Crippen molar-refractivity contribution in [1.82, 2.24) is 29.7 Å². The van der Waals surface area contributed by atoms with E-state index in [9.17, 15) is 0 Å². The van der Waals surface area contributed by atoms with Gasteiger partial charge in [0, 0.05) is 50.3 Å². The van der Waals surface area contributed by atoms with E-state index in [1.807, 2.05) is 31.5 Å². The summed E-state index contributed by atoms with van der Waals surface area (Å²) in [5.74, 6) is 2.62. The van der Waals surface area contributed by atoms with Crippen molar-refractivity contribution in [2.45, 2.75) is 25.8 Å². The zero-order valence-electron chi connectivity index (χ0n) is 15.0. The Morgan fingerprint density at radius 1 is 1.12 bits per heavy atom. The van der Waals surface area contributed by atoms with Crippen molar-refractivity contribution in [3.63, 3.8) is 0 Å². The predicted octanol–water partition coefficient (Wildman–Crippen LogP) is 1.87. The number of aromatic nitrogens is 6. The lowest BCUT2D eigenvalue weighted by molar-refractivity contribution is 0.477. The van der Waals surface area contributed by atoms with Crippen LogP contribution in [-0.4, -0.2) is 55.9 Å². The highest BCUT2D eigenvalue weighted by molar-refractivity contribution is 5.42. The van der Waals surface area contributed by atoms with Crippen LogP contribution in [0.4, 0.5) is 11.6 Å². The van der Waals surface area contributed by atoms with Crippen molar-refractivity contribution < 1.29 is 0 Å². The molecule has 26 heavy (non-hydrogen) atoms. The molecule has 0 aromatic carbocycles. The lowest BCUT2D eigenvalue weighted by Gasteiger charge is -2.37. The molecule has 0 spiro atoms. The zero-order valence-corrected chi connectivity index (χ0v) is 15.0. The molecule has 0 amide bonds. The molecule has 0 bridgehead atoms. The minimum Gasteiger partial charge on any atom is -0.356 e. The topological polar surface area (TPSA) is 75.9 Å². The van der Waals surface area contributed by atoms with Gasteiger partial charge >= 0.3 is 0 Å². The molecule has 134 valence electrons. The van der Waals surface area contributed by atoms with E-state index in [2.05, 4.69) is 36.9 Å². The minimum atomic E-state index is 0.461. The van der Waals surface area contributed by atoms with Gasteiger partial charge in [-0.05, 0) is 25.8 Å². The standard InChI is InChI=1S/C18H22N8/c1-14-10-16(21-13-20-14)24(2)15-4-8-25(9-5-15)17-11-19-12-18(23-17)26-7-3-6-22-26/h3,6-7,10-13,15H,4-5,8-9H2,1-2H3. The average molecular weight is 350 g/mol. The Morgan fingerprint density at radius 3 is 2.65 bits per heavy atom. The molecule has 1 aliphatic rings. The smallest absolute Gasteiger partial charge is 0.173 e. The average Bonchev–Trinajstić information content (AvgIpc) is 3.23. The Labute approximate surface area is 152 Å². The summed E-state index contributed by atoms with van der Waals surface area (Å²) in [6.07, 6.45) is 10.9. The van der Waals surface area contributed by atoms with E-state index in [1.54, 1.807) is 23.4 Å². The van der Waals surface area contributed by atoms with Gasteiger partial charge in [-0.3, -0.25) is 4.98 Å². The van der Waals surface area contributed by atoms with Gasteiger partial charge in [-0.1, -0.05) is 0 Å². The first-order valence-electron chi connectivity index (χ1n) is 8.79. The molecule has 3 aromatic heterocycles. The number of anilines is 2. The van der Waals surface area contributed by atoms with Crippen LogP contribution in [0.15, 0.2) is 43.2 Å². The van der Waals surface area contributed by atoms with Gasteiger partial charge in [0.1, 0.15) is 18.0 Å². The highest BCUT2D eigenvalue weighted by Gasteiger charge is 2.24. The third kappa shape index (κ3) is 3.35. The number of hydrogen-bond donors (Lipinski definition) is 0. The molecule has 1 saturated heterocycles. The molecule has 4 heterocycles. The Hall–Kier alpha value is -3.03. The maximum absolute atomic E-state index is 4.71. The Morgan fingerprint density at radius 2 is 1.92 bits per heavy atom. The Bertz CT molecular complexity index is 855. The molecule has 3 aromatic rings. The van der Waals surface area contributed by atoms with Crippen molar-refractivity contribution in [2.75, 3.05) is 29.9 Å². The van der Waals surface area contributed by atoms with Crippen molar-refractivity contribution in [3.8, 4) is 5.82 Å². The van der Waals surface area contributed by atoms with Crippen LogP contribution >= 0.6 is 0 Å². The summed E-state index contributed by atoms with van der Waals surface area (Å²) in [5.41, 5.74) is 0.991. The van der Waals surface area contributed by atoms with Gasteiger partial charge < -0.3 is 9.80 Å². The highest BCUT2D eigenvalue weighted by atomic mass is 15.3. The van der Waals surface area contributed by atoms with Gasteiger partial charge in [0.05, 0.1) is 12.4 Å². The normalized spacial score (nSPS) is 15.2. The SMILES string of the molecule is Cc1cc(N(C)C2CCN(c3cncc(-n4cccn4)n3)CC2)ncn1.